The zero-order valence-electron chi connectivity index (χ0n) is 65.2. The van der Waals surface area contributed by atoms with E-state index in [2.05, 4.69) is 27.7 Å². The van der Waals surface area contributed by atoms with Crippen molar-refractivity contribution >= 4 is 39.5 Å². The molecule has 0 saturated carbocycles. The van der Waals surface area contributed by atoms with Gasteiger partial charge < -0.3 is 33.8 Å². The highest BCUT2D eigenvalue weighted by Gasteiger charge is 2.30. The largest absolute Gasteiger partial charge is 0.472 e. The van der Waals surface area contributed by atoms with E-state index in [1.807, 2.05) is 0 Å². The Morgan fingerprint density at radius 1 is 0.240 bits per heavy atom. The fourth-order valence-electron chi connectivity index (χ4n) is 12.6. The van der Waals surface area contributed by atoms with Crippen molar-refractivity contribution < 1.29 is 80.2 Å². The summed E-state index contributed by atoms with van der Waals surface area (Å²) in [6.07, 6.45) is 67.9. The van der Waals surface area contributed by atoms with Crippen LogP contribution in [-0.4, -0.2) is 96.7 Å². The number of rotatable bonds is 82. The number of phosphoric ester groups is 2. The van der Waals surface area contributed by atoms with Crippen molar-refractivity contribution in [3.63, 3.8) is 0 Å². The normalized spacial score (nSPS) is 13.8. The fourth-order valence-corrected chi connectivity index (χ4v) is 14.2. The molecule has 0 bridgehead atoms. The molecule has 0 amide bonds. The standard InChI is InChI=1S/C81H158O17P2/c1-5-9-13-17-21-25-29-32-35-36-37-38-39-41-44-48-52-56-60-64-68-81(86)98-77(72-92-79(84)66-62-58-54-50-46-43-40-33-30-26-22-18-14-10-6-2)74-96-100(89,90)94-70-75(82)69-93-99(87,88)95-73-76(71-91-78(83)65-61-57-53-49-45-28-24-20-16-12-8-4)97-80(85)67-63-59-55-51-47-42-34-31-27-23-19-15-11-7-3/h75-77,82H,5-74H2,1-4H3,(H,87,88)(H,89,90)/t75-,76+,77+/m0/s1. The van der Waals surface area contributed by atoms with Gasteiger partial charge in [-0.2, -0.15) is 0 Å². The minimum Gasteiger partial charge on any atom is -0.462 e. The lowest BCUT2D eigenvalue weighted by atomic mass is 10.0. The van der Waals surface area contributed by atoms with Gasteiger partial charge in [0, 0.05) is 25.7 Å². The van der Waals surface area contributed by atoms with Crippen molar-refractivity contribution in [2.24, 2.45) is 0 Å². The molecular formula is C81H158O17P2. The second kappa shape index (κ2) is 75.3. The van der Waals surface area contributed by atoms with Gasteiger partial charge in [0.15, 0.2) is 12.2 Å². The van der Waals surface area contributed by atoms with Gasteiger partial charge >= 0.3 is 39.5 Å². The number of aliphatic hydroxyl groups excluding tert-OH is 1. The van der Waals surface area contributed by atoms with Gasteiger partial charge in [-0.25, -0.2) is 9.13 Å². The van der Waals surface area contributed by atoms with Crippen molar-refractivity contribution in [1.29, 1.82) is 0 Å². The summed E-state index contributed by atoms with van der Waals surface area (Å²) < 4.78 is 68.7. The molecule has 0 fully saturated rings. The van der Waals surface area contributed by atoms with Gasteiger partial charge in [0.1, 0.15) is 19.3 Å². The fraction of sp³-hybridized carbons (Fsp3) is 0.951. The number of aliphatic hydroxyl groups is 1. The molecule has 3 N–H and O–H groups in total. The number of hydrogen-bond acceptors (Lipinski definition) is 15. The van der Waals surface area contributed by atoms with Crippen LogP contribution in [0.2, 0.25) is 0 Å². The van der Waals surface area contributed by atoms with Crippen LogP contribution in [-0.2, 0) is 65.4 Å². The van der Waals surface area contributed by atoms with E-state index in [1.165, 1.54) is 270 Å². The second-order valence-electron chi connectivity index (χ2n) is 29.2. The van der Waals surface area contributed by atoms with Gasteiger partial charge in [-0.3, -0.25) is 37.3 Å². The third-order valence-corrected chi connectivity index (χ3v) is 21.0. The molecule has 100 heavy (non-hydrogen) atoms. The summed E-state index contributed by atoms with van der Waals surface area (Å²) in [6.45, 7) is 5.03. The number of ether oxygens (including phenoxy) is 4. The SMILES string of the molecule is CCCCCCCCCCCCCCCCCCCCCCC(=O)O[C@H](COC(=O)CCCCCCCCCCCCCCCCC)COP(=O)(O)OC[C@@H](O)COP(=O)(O)OC[C@@H](COC(=O)CCCCCCCCCCCCC)OC(=O)CCCCCCCCCCCCCCCC. The number of carbonyl (C=O) groups excluding carboxylic acids is 4. The molecule has 0 heterocycles. The molecule has 2 unspecified atom stereocenters. The van der Waals surface area contributed by atoms with Crippen LogP contribution in [0.3, 0.4) is 0 Å². The summed E-state index contributed by atoms with van der Waals surface area (Å²) in [4.78, 5) is 73.0. The summed E-state index contributed by atoms with van der Waals surface area (Å²) in [6, 6.07) is 0. The Kier molecular flexibility index (Phi) is 73.8. The summed E-state index contributed by atoms with van der Waals surface area (Å²) in [5.41, 5.74) is 0. The molecule has 0 aliphatic carbocycles. The molecule has 0 radical (unpaired) electrons. The first-order chi connectivity index (χ1) is 48.7. The lowest BCUT2D eigenvalue weighted by Gasteiger charge is -2.21. The van der Waals surface area contributed by atoms with Crippen molar-refractivity contribution in [1.82, 2.24) is 0 Å². The van der Waals surface area contributed by atoms with Gasteiger partial charge in [-0.1, -0.05) is 387 Å². The van der Waals surface area contributed by atoms with Gasteiger partial charge in [0.25, 0.3) is 0 Å². The quantitative estimate of drug-likeness (QED) is 0.0222. The maximum absolute atomic E-state index is 13.1. The third kappa shape index (κ3) is 74.3. The van der Waals surface area contributed by atoms with E-state index >= 15 is 0 Å². The highest BCUT2D eigenvalue weighted by molar-refractivity contribution is 7.47. The monoisotopic (exact) mass is 1470 g/mol. The third-order valence-electron chi connectivity index (χ3n) is 19.1. The Morgan fingerprint density at radius 2 is 0.400 bits per heavy atom. The molecule has 0 aliphatic rings. The van der Waals surface area contributed by atoms with Crippen LogP contribution in [0.15, 0.2) is 0 Å². The average Bonchev–Trinajstić information content (AvgIpc) is 1.000. The molecule has 0 rings (SSSR count). The summed E-state index contributed by atoms with van der Waals surface area (Å²) in [5, 5.41) is 10.6. The first-order valence-electron chi connectivity index (χ1n) is 42.3. The first-order valence-corrected chi connectivity index (χ1v) is 45.3. The van der Waals surface area contributed by atoms with E-state index in [1.54, 1.807) is 0 Å². The van der Waals surface area contributed by atoms with Crippen molar-refractivity contribution in [2.75, 3.05) is 39.6 Å². The Balaban J connectivity index is 5.23. The lowest BCUT2D eigenvalue weighted by Crippen LogP contribution is -2.30. The van der Waals surface area contributed by atoms with Crippen LogP contribution < -0.4 is 0 Å². The van der Waals surface area contributed by atoms with E-state index < -0.39 is 97.5 Å². The zero-order chi connectivity index (χ0) is 73.2. The molecular weight excluding hydrogens is 1310 g/mol. The van der Waals surface area contributed by atoms with Crippen LogP contribution in [0.25, 0.3) is 0 Å². The van der Waals surface area contributed by atoms with Crippen molar-refractivity contribution in [3.05, 3.63) is 0 Å². The lowest BCUT2D eigenvalue weighted by molar-refractivity contribution is -0.161. The molecule has 594 valence electrons. The summed E-state index contributed by atoms with van der Waals surface area (Å²) in [7, 11) is -9.92. The Labute approximate surface area is 613 Å². The van der Waals surface area contributed by atoms with Crippen molar-refractivity contribution in [2.45, 2.75) is 457 Å². The highest BCUT2D eigenvalue weighted by Crippen LogP contribution is 2.45. The number of esters is 4. The van der Waals surface area contributed by atoms with Gasteiger partial charge in [0.2, 0.25) is 0 Å². The molecule has 0 aromatic carbocycles. The van der Waals surface area contributed by atoms with Gasteiger partial charge in [-0.15, -0.1) is 0 Å². The summed E-state index contributed by atoms with van der Waals surface area (Å²) in [5.74, 6) is -2.10. The average molecular weight is 1470 g/mol. The number of unbranched alkanes of at least 4 members (excludes halogenated alkanes) is 56. The molecule has 0 aromatic rings. The maximum Gasteiger partial charge on any atom is 0.472 e. The number of hydrogen-bond donors (Lipinski definition) is 3. The minimum atomic E-state index is -4.96. The Morgan fingerprint density at radius 3 is 0.590 bits per heavy atom. The van der Waals surface area contributed by atoms with Crippen molar-refractivity contribution in [3.8, 4) is 0 Å². The highest BCUT2D eigenvalue weighted by atomic mass is 31.2. The molecule has 0 aliphatic heterocycles. The van der Waals surface area contributed by atoms with E-state index in [-0.39, 0.29) is 25.7 Å². The van der Waals surface area contributed by atoms with E-state index in [4.69, 9.17) is 37.0 Å². The molecule has 0 spiro atoms. The molecule has 19 heteroatoms. The summed E-state index contributed by atoms with van der Waals surface area (Å²) >= 11 is 0. The number of carbonyl (C=O) groups is 4. The topological polar surface area (TPSA) is 237 Å². The minimum absolute atomic E-state index is 0.109. The van der Waals surface area contributed by atoms with Crippen LogP contribution in [0.5, 0.6) is 0 Å². The molecule has 5 atom stereocenters. The van der Waals surface area contributed by atoms with Crippen LogP contribution in [0.4, 0.5) is 0 Å². The number of phosphoric acid groups is 2. The zero-order valence-corrected chi connectivity index (χ0v) is 67.0. The maximum atomic E-state index is 13.1. The van der Waals surface area contributed by atoms with E-state index in [0.717, 1.165) is 89.9 Å². The predicted molar refractivity (Wildman–Crippen MR) is 409 cm³/mol. The molecule has 0 saturated heterocycles. The molecule has 0 aromatic heterocycles. The Bertz CT molecular complexity index is 1890. The first kappa shape index (κ1) is 98.1. The second-order valence-corrected chi connectivity index (χ2v) is 32.1. The van der Waals surface area contributed by atoms with E-state index in [0.29, 0.717) is 25.7 Å². The van der Waals surface area contributed by atoms with Crippen LogP contribution >= 0.6 is 15.6 Å². The van der Waals surface area contributed by atoms with Gasteiger partial charge in [-0.05, 0) is 25.7 Å². The Hall–Kier alpha value is -1.94. The van der Waals surface area contributed by atoms with Gasteiger partial charge in [0.05, 0.1) is 26.4 Å². The molecule has 17 nitrogen and oxygen atoms in total. The predicted octanol–water partition coefficient (Wildman–Crippen LogP) is 24.6. The van der Waals surface area contributed by atoms with Crippen LogP contribution in [0, 0.1) is 0 Å². The smallest absolute Gasteiger partial charge is 0.462 e. The van der Waals surface area contributed by atoms with E-state index in [9.17, 15) is 43.2 Å². The van der Waals surface area contributed by atoms with Crippen LogP contribution in [0.1, 0.15) is 439 Å².